The summed E-state index contributed by atoms with van der Waals surface area (Å²) in [6.45, 7) is 6.15. The Hall–Kier alpha value is -1.42. The van der Waals surface area contributed by atoms with Gasteiger partial charge in [0.2, 0.25) is 5.91 Å². The van der Waals surface area contributed by atoms with Crippen molar-refractivity contribution in [2.45, 2.75) is 58.1 Å². The third-order valence-electron chi connectivity index (χ3n) is 4.97. The number of hydrogen-bond donors (Lipinski definition) is 1. The van der Waals surface area contributed by atoms with Gasteiger partial charge in [0.05, 0.1) is 24.3 Å². The second-order valence-corrected chi connectivity index (χ2v) is 7.83. The minimum absolute atomic E-state index is 0.0305. The van der Waals surface area contributed by atoms with Crippen LogP contribution in [0.5, 0.6) is 0 Å². The van der Waals surface area contributed by atoms with E-state index in [0.29, 0.717) is 12.2 Å². The lowest BCUT2D eigenvalue weighted by molar-refractivity contribution is -0.123. The number of morpholine rings is 1. The van der Waals surface area contributed by atoms with Crippen LogP contribution in [0.25, 0.3) is 0 Å². The standard InChI is InChI=1S/C18H25N3O2S/c1-12-11-21(8-9-23-12)13(2)17(22)20-18-15(10-19)14-6-4-3-5-7-16(14)24-18/h12-13H,3-9,11H2,1-2H3,(H,20,22)/t12-,13+/m1/s1. The molecule has 2 heterocycles. The van der Waals surface area contributed by atoms with Gasteiger partial charge in [-0.1, -0.05) is 6.42 Å². The average molecular weight is 347 g/mol. The second-order valence-electron chi connectivity index (χ2n) is 6.72. The predicted molar refractivity (Wildman–Crippen MR) is 95.4 cm³/mol. The topological polar surface area (TPSA) is 65.4 Å². The van der Waals surface area contributed by atoms with Crippen LogP contribution in [0.15, 0.2) is 0 Å². The number of carbonyl (C=O) groups excluding carboxylic acids is 1. The molecule has 0 bridgehead atoms. The van der Waals surface area contributed by atoms with Gasteiger partial charge in [-0.2, -0.15) is 5.26 Å². The van der Waals surface area contributed by atoms with Gasteiger partial charge in [0, 0.05) is 18.0 Å². The molecule has 1 fully saturated rings. The highest BCUT2D eigenvalue weighted by Gasteiger charge is 2.28. The predicted octanol–water partition coefficient (Wildman–Crippen LogP) is 2.94. The smallest absolute Gasteiger partial charge is 0.242 e. The molecule has 6 heteroatoms. The first-order valence-corrected chi connectivity index (χ1v) is 9.63. The first-order valence-electron chi connectivity index (χ1n) is 8.81. The lowest BCUT2D eigenvalue weighted by Crippen LogP contribution is -2.50. The maximum absolute atomic E-state index is 12.7. The maximum atomic E-state index is 12.7. The number of anilines is 1. The maximum Gasteiger partial charge on any atom is 0.242 e. The van der Waals surface area contributed by atoms with Gasteiger partial charge >= 0.3 is 0 Å². The van der Waals surface area contributed by atoms with Crippen LogP contribution in [-0.2, 0) is 22.4 Å². The lowest BCUT2D eigenvalue weighted by Gasteiger charge is -2.34. The van der Waals surface area contributed by atoms with Crippen molar-refractivity contribution >= 4 is 22.2 Å². The van der Waals surface area contributed by atoms with Crippen LogP contribution in [0.1, 0.15) is 49.1 Å². The molecular weight excluding hydrogens is 322 g/mol. The first kappa shape index (κ1) is 17.4. The summed E-state index contributed by atoms with van der Waals surface area (Å²) in [6, 6.07) is 2.11. The lowest BCUT2D eigenvalue weighted by atomic mass is 10.1. The Balaban J connectivity index is 1.73. The van der Waals surface area contributed by atoms with Crippen LogP contribution in [0.2, 0.25) is 0 Å². The van der Waals surface area contributed by atoms with E-state index >= 15 is 0 Å². The Morgan fingerprint density at radius 2 is 2.21 bits per heavy atom. The number of nitriles is 1. The molecule has 24 heavy (non-hydrogen) atoms. The average Bonchev–Trinajstić information content (AvgIpc) is 2.74. The van der Waals surface area contributed by atoms with Gasteiger partial charge in [-0.25, -0.2) is 0 Å². The molecule has 1 aromatic rings. The van der Waals surface area contributed by atoms with Crippen LogP contribution in [0.4, 0.5) is 5.00 Å². The number of amides is 1. The molecule has 1 amide bonds. The highest BCUT2D eigenvalue weighted by atomic mass is 32.1. The van der Waals surface area contributed by atoms with Crippen LogP contribution >= 0.6 is 11.3 Å². The van der Waals surface area contributed by atoms with Crippen LogP contribution in [0.3, 0.4) is 0 Å². The minimum atomic E-state index is -0.218. The first-order chi connectivity index (χ1) is 11.6. The van der Waals surface area contributed by atoms with Gasteiger partial charge in [0.1, 0.15) is 11.1 Å². The third kappa shape index (κ3) is 3.64. The van der Waals surface area contributed by atoms with Gasteiger partial charge < -0.3 is 10.1 Å². The van der Waals surface area contributed by atoms with Crippen molar-refractivity contribution in [3.8, 4) is 6.07 Å². The highest BCUT2D eigenvalue weighted by Crippen LogP contribution is 2.37. The van der Waals surface area contributed by atoms with Crippen molar-refractivity contribution in [1.29, 1.82) is 5.26 Å². The number of fused-ring (bicyclic) bond motifs is 1. The Bertz CT molecular complexity index is 649. The third-order valence-corrected chi connectivity index (χ3v) is 6.18. The van der Waals surface area contributed by atoms with Crippen molar-refractivity contribution in [3.05, 3.63) is 16.0 Å². The van der Waals surface area contributed by atoms with E-state index in [4.69, 9.17) is 4.74 Å². The molecule has 2 atom stereocenters. The summed E-state index contributed by atoms with van der Waals surface area (Å²) in [5, 5.41) is 13.3. The highest BCUT2D eigenvalue weighted by molar-refractivity contribution is 7.16. The quantitative estimate of drug-likeness (QED) is 0.854. The molecule has 1 aliphatic carbocycles. The molecule has 130 valence electrons. The zero-order chi connectivity index (χ0) is 17.1. The monoisotopic (exact) mass is 347 g/mol. The molecule has 1 saturated heterocycles. The zero-order valence-electron chi connectivity index (χ0n) is 14.4. The number of carbonyl (C=O) groups is 1. The summed E-state index contributed by atoms with van der Waals surface area (Å²) < 4.78 is 5.55. The Kier molecular flexibility index (Phi) is 5.54. The van der Waals surface area contributed by atoms with Gasteiger partial charge in [-0.15, -0.1) is 11.3 Å². The van der Waals surface area contributed by atoms with E-state index in [0.717, 1.165) is 37.4 Å². The van der Waals surface area contributed by atoms with Gasteiger partial charge in [-0.3, -0.25) is 9.69 Å². The number of nitrogens with zero attached hydrogens (tertiary/aromatic N) is 2. The molecule has 2 aliphatic rings. The van der Waals surface area contributed by atoms with Crippen molar-refractivity contribution in [2.24, 2.45) is 0 Å². The zero-order valence-corrected chi connectivity index (χ0v) is 15.2. The summed E-state index contributed by atoms with van der Waals surface area (Å²) in [5.41, 5.74) is 1.86. The number of rotatable bonds is 3. The molecule has 0 radical (unpaired) electrons. The van der Waals surface area contributed by atoms with E-state index in [1.54, 1.807) is 11.3 Å². The van der Waals surface area contributed by atoms with Gasteiger partial charge in [-0.05, 0) is 45.1 Å². The molecule has 1 N–H and O–H groups in total. The SMILES string of the molecule is C[C@@H]1CN([C@@H](C)C(=O)Nc2sc3c(c2C#N)CCCCC3)CCO1. The Morgan fingerprint density at radius 1 is 1.42 bits per heavy atom. The minimum Gasteiger partial charge on any atom is -0.376 e. The molecule has 0 saturated carbocycles. The molecule has 1 aromatic heterocycles. The van der Waals surface area contributed by atoms with Crippen molar-refractivity contribution in [2.75, 3.05) is 25.0 Å². The van der Waals surface area contributed by atoms with Crippen molar-refractivity contribution in [3.63, 3.8) is 0 Å². The van der Waals surface area contributed by atoms with E-state index in [2.05, 4.69) is 16.3 Å². The summed E-state index contributed by atoms with van der Waals surface area (Å²) >= 11 is 1.60. The molecule has 1 aliphatic heterocycles. The Morgan fingerprint density at radius 3 is 2.96 bits per heavy atom. The fraction of sp³-hybridized carbons (Fsp3) is 0.667. The largest absolute Gasteiger partial charge is 0.376 e. The summed E-state index contributed by atoms with van der Waals surface area (Å²) in [4.78, 5) is 16.1. The molecule has 3 rings (SSSR count). The van der Waals surface area contributed by atoms with Crippen molar-refractivity contribution in [1.82, 2.24) is 4.90 Å². The molecule has 0 aromatic carbocycles. The van der Waals surface area contributed by atoms with Crippen LogP contribution < -0.4 is 5.32 Å². The summed E-state index contributed by atoms with van der Waals surface area (Å²) in [5.74, 6) is -0.0305. The molecule has 5 nitrogen and oxygen atoms in total. The number of ether oxygens (including phenoxy) is 1. The molecule has 0 spiro atoms. The van der Waals surface area contributed by atoms with Crippen LogP contribution in [-0.4, -0.2) is 42.6 Å². The number of thiophene rings is 1. The van der Waals surface area contributed by atoms with E-state index in [9.17, 15) is 10.1 Å². The molecular formula is C18H25N3O2S. The summed E-state index contributed by atoms with van der Waals surface area (Å²) in [6.07, 6.45) is 5.67. The Labute approximate surface area is 147 Å². The van der Waals surface area contributed by atoms with E-state index < -0.39 is 0 Å². The fourth-order valence-corrected chi connectivity index (χ4v) is 4.77. The number of hydrogen-bond acceptors (Lipinski definition) is 5. The van der Waals surface area contributed by atoms with E-state index in [1.165, 1.54) is 23.3 Å². The van der Waals surface area contributed by atoms with Gasteiger partial charge in [0.15, 0.2) is 0 Å². The van der Waals surface area contributed by atoms with E-state index in [1.807, 2.05) is 13.8 Å². The normalized spacial score (nSPS) is 23.0. The number of nitrogens with one attached hydrogen (secondary N) is 1. The summed E-state index contributed by atoms with van der Waals surface area (Å²) in [7, 11) is 0. The van der Waals surface area contributed by atoms with Crippen molar-refractivity contribution < 1.29 is 9.53 Å². The molecule has 0 unspecified atom stereocenters. The second kappa shape index (κ2) is 7.64. The van der Waals surface area contributed by atoms with Gasteiger partial charge in [0.25, 0.3) is 0 Å². The van der Waals surface area contributed by atoms with E-state index in [-0.39, 0.29) is 18.1 Å². The fourth-order valence-electron chi connectivity index (χ4n) is 3.53. The van der Waals surface area contributed by atoms with Crippen LogP contribution in [0, 0.1) is 11.3 Å². The number of aryl methyl sites for hydroxylation is 1.